The molecule has 1 aromatic rings. The van der Waals surface area contributed by atoms with Crippen molar-refractivity contribution in [3.05, 3.63) is 24.4 Å². The first kappa shape index (κ1) is 16.5. The molecule has 1 aliphatic rings. The standard InChI is InChI=1S/C12H18N2O.2ClH/c1-10-7-11(14(2)8-10)9-15-12-5-3-4-6-13-12;;/h3-6,10-11H,7-9H2,1-2H3;2*1H/t10-,11+;;/m1../s1. The summed E-state index contributed by atoms with van der Waals surface area (Å²) in [7, 11) is 2.16. The van der Waals surface area contributed by atoms with Crippen molar-refractivity contribution in [3.8, 4) is 5.88 Å². The van der Waals surface area contributed by atoms with Gasteiger partial charge in [-0.1, -0.05) is 13.0 Å². The van der Waals surface area contributed by atoms with E-state index in [1.54, 1.807) is 6.20 Å². The molecule has 2 atom stereocenters. The number of nitrogens with zero attached hydrogens (tertiary/aromatic N) is 2. The molecule has 0 amide bonds. The molecule has 1 fully saturated rings. The lowest BCUT2D eigenvalue weighted by Crippen LogP contribution is -2.30. The summed E-state index contributed by atoms with van der Waals surface area (Å²) in [4.78, 5) is 6.51. The summed E-state index contributed by atoms with van der Waals surface area (Å²) in [5.74, 6) is 1.51. The Kier molecular flexibility index (Phi) is 7.51. The Balaban J connectivity index is 0.00000128. The number of likely N-dealkylation sites (N-methyl/N-ethyl adjacent to an activating group) is 1. The second-order valence-electron chi connectivity index (χ2n) is 4.41. The third-order valence-electron chi connectivity index (χ3n) is 2.96. The summed E-state index contributed by atoms with van der Waals surface area (Å²) in [6, 6.07) is 6.29. The molecule has 0 N–H and O–H groups in total. The maximum Gasteiger partial charge on any atom is 0.213 e. The van der Waals surface area contributed by atoms with Crippen molar-refractivity contribution >= 4 is 24.8 Å². The van der Waals surface area contributed by atoms with Crippen LogP contribution in [0.25, 0.3) is 0 Å². The first-order valence-corrected chi connectivity index (χ1v) is 5.50. The van der Waals surface area contributed by atoms with E-state index in [-0.39, 0.29) is 24.8 Å². The topological polar surface area (TPSA) is 25.4 Å². The Labute approximate surface area is 115 Å². The highest BCUT2D eigenvalue weighted by Gasteiger charge is 2.26. The van der Waals surface area contributed by atoms with Crippen molar-refractivity contribution in [2.75, 3.05) is 20.2 Å². The summed E-state index contributed by atoms with van der Waals surface area (Å²) in [6.07, 6.45) is 2.99. The van der Waals surface area contributed by atoms with E-state index >= 15 is 0 Å². The molecule has 0 aliphatic carbocycles. The molecular weight excluding hydrogens is 259 g/mol. The van der Waals surface area contributed by atoms with Crippen molar-refractivity contribution in [2.24, 2.45) is 5.92 Å². The molecule has 5 heteroatoms. The zero-order valence-electron chi connectivity index (χ0n) is 10.2. The third kappa shape index (κ3) is 4.70. The Morgan fingerprint density at radius 2 is 2.18 bits per heavy atom. The van der Waals surface area contributed by atoms with Gasteiger partial charge in [0.05, 0.1) is 0 Å². The highest BCUT2D eigenvalue weighted by atomic mass is 35.5. The number of hydrogen-bond donors (Lipinski definition) is 0. The van der Waals surface area contributed by atoms with E-state index < -0.39 is 0 Å². The monoisotopic (exact) mass is 278 g/mol. The Morgan fingerprint density at radius 1 is 1.41 bits per heavy atom. The van der Waals surface area contributed by atoms with Crippen LogP contribution in [-0.2, 0) is 0 Å². The summed E-state index contributed by atoms with van der Waals surface area (Å²) >= 11 is 0. The van der Waals surface area contributed by atoms with Crippen LogP contribution < -0.4 is 4.74 Å². The summed E-state index contributed by atoms with van der Waals surface area (Å²) in [5.41, 5.74) is 0. The van der Waals surface area contributed by atoms with Crippen LogP contribution in [-0.4, -0.2) is 36.1 Å². The average Bonchev–Trinajstić information content (AvgIpc) is 2.56. The van der Waals surface area contributed by atoms with Gasteiger partial charge in [-0.15, -0.1) is 24.8 Å². The van der Waals surface area contributed by atoms with Crippen molar-refractivity contribution < 1.29 is 4.74 Å². The number of pyridine rings is 1. The van der Waals surface area contributed by atoms with Crippen molar-refractivity contribution in [1.82, 2.24) is 9.88 Å². The lowest BCUT2D eigenvalue weighted by atomic mass is 10.1. The van der Waals surface area contributed by atoms with E-state index in [9.17, 15) is 0 Å². The molecule has 98 valence electrons. The van der Waals surface area contributed by atoms with Gasteiger partial charge in [-0.3, -0.25) is 4.90 Å². The Bertz CT molecular complexity index is 311. The first-order chi connectivity index (χ1) is 7.25. The smallest absolute Gasteiger partial charge is 0.213 e. The van der Waals surface area contributed by atoms with E-state index in [0.29, 0.717) is 6.04 Å². The normalized spacial score (nSPS) is 23.6. The van der Waals surface area contributed by atoms with Gasteiger partial charge >= 0.3 is 0 Å². The quantitative estimate of drug-likeness (QED) is 0.850. The third-order valence-corrected chi connectivity index (χ3v) is 2.96. The van der Waals surface area contributed by atoms with Gasteiger partial charge in [0.15, 0.2) is 0 Å². The molecule has 2 heterocycles. The van der Waals surface area contributed by atoms with Crippen LogP contribution in [0.1, 0.15) is 13.3 Å². The molecule has 0 radical (unpaired) electrons. The van der Waals surface area contributed by atoms with Crippen LogP contribution >= 0.6 is 24.8 Å². The number of hydrogen-bond acceptors (Lipinski definition) is 3. The maximum atomic E-state index is 5.66. The molecule has 2 rings (SSSR count). The Hall–Kier alpha value is -0.510. The van der Waals surface area contributed by atoms with Gasteiger partial charge in [0.25, 0.3) is 0 Å². The maximum absolute atomic E-state index is 5.66. The summed E-state index contributed by atoms with van der Waals surface area (Å²) in [6.45, 7) is 4.21. The van der Waals surface area contributed by atoms with Crippen LogP contribution in [0.3, 0.4) is 0 Å². The second-order valence-corrected chi connectivity index (χ2v) is 4.41. The molecule has 17 heavy (non-hydrogen) atoms. The molecular formula is C12H20Cl2N2O. The number of halogens is 2. The predicted octanol–water partition coefficient (Wildman–Crippen LogP) is 2.64. The zero-order valence-corrected chi connectivity index (χ0v) is 11.8. The Morgan fingerprint density at radius 3 is 2.71 bits per heavy atom. The molecule has 0 bridgehead atoms. The SMILES string of the molecule is C[C@@H]1C[C@@H](COc2ccccn2)N(C)C1.Cl.Cl. The van der Waals surface area contributed by atoms with E-state index in [0.717, 1.165) is 18.4 Å². The van der Waals surface area contributed by atoms with E-state index in [1.807, 2.05) is 18.2 Å². The van der Waals surface area contributed by atoms with Gasteiger partial charge in [-0.05, 0) is 25.5 Å². The van der Waals surface area contributed by atoms with Crippen LogP contribution in [0.2, 0.25) is 0 Å². The van der Waals surface area contributed by atoms with Crippen molar-refractivity contribution in [1.29, 1.82) is 0 Å². The molecule has 3 nitrogen and oxygen atoms in total. The minimum absolute atomic E-state index is 0. The lowest BCUT2D eigenvalue weighted by molar-refractivity contribution is 0.193. The highest BCUT2D eigenvalue weighted by molar-refractivity contribution is 5.85. The van der Waals surface area contributed by atoms with Crippen molar-refractivity contribution in [3.63, 3.8) is 0 Å². The van der Waals surface area contributed by atoms with Crippen LogP contribution in [0.4, 0.5) is 0 Å². The number of rotatable bonds is 3. The largest absolute Gasteiger partial charge is 0.476 e. The molecule has 0 saturated carbocycles. The fourth-order valence-corrected chi connectivity index (χ4v) is 2.17. The minimum atomic E-state index is 0. The van der Waals surface area contributed by atoms with Gasteiger partial charge in [-0.25, -0.2) is 4.98 Å². The molecule has 1 aliphatic heterocycles. The molecule has 0 aromatic carbocycles. The number of aromatic nitrogens is 1. The molecule has 1 saturated heterocycles. The van der Waals surface area contributed by atoms with Gasteiger partial charge in [0.2, 0.25) is 5.88 Å². The minimum Gasteiger partial charge on any atom is -0.476 e. The van der Waals surface area contributed by atoms with Crippen molar-refractivity contribution in [2.45, 2.75) is 19.4 Å². The van der Waals surface area contributed by atoms with E-state index in [4.69, 9.17) is 4.74 Å². The van der Waals surface area contributed by atoms with E-state index in [2.05, 4.69) is 23.9 Å². The van der Waals surface area contributed by atoms with Gasteiger partial charge < -0.3 is 4.74 Å². The summed E-state index contributed by atoms with van der Waals surface area (Å²) < 4.78 is 5.66. The second kappa shape index (κ2) is 7.75. The summed E-state index contributed by atoms with van der Waals surface area (Å²) in [5, 5.41) is 0. The van der Waals surface area contributed by atoms with Gasteiger partial charge in [0, 0.05) is 24.8 Å². The van der Waals surface area contributed by atoms with Crippen LogP contribution in [0.15, 0.2) is 24.4 Å². The number of ether oxygens (including phenoxy) is 1. The van der Waals surface area contributed by atoms with Crippen LogP contribution in [0.5, 0.6) is 5.88 Å². The number of likely N-dealkylation sites (tertiary alicyclic amines) is 1. The fourth-order valence-electron chi connectivity index (χ4n) is 2.17. The van der Waals surface area contributed by atoms with E-state index in [1.165, 1.54) is 13.0 Å². The average molecular weight is 279 g/mol. The first-order valence-electron chi connectivity index (χ1n) is 5.50. The lowest BCUT2D eigenvalue weighted by Gasteiger charge is -2.18. The molecule has 1 aromatic heterocycles. The highest BCUT2D eigenvalue weighted by Crippen LogP contribution is 2.21. The fraction of sp³-hybridized carbons (Fsp3) is 0.583. The van der Waals surface area contributed by atoms with Gasteiger partial charge in [-0.2, -0.15) is 0 Å². The van der Waals surface area contributed by atoms with Gasteiger partial charge in [0.1, 0.15) is 6.61 Å². The zero-order chi connectivity index (χ0) is 10.7. The molecule has 0 spiro atoms. The molecule has 0 unspecified atom stereocenters. The predicted molar refractivity (Wildman–Crippen MR) is 74.4 cm³/mol. The van der Waals surface area contributed by atoms with Crippen LogP contribution in [0, 0.1) is 5.92 Å².